The lowest BCUT2D eigenvalue weighted by Gasteiger charge is -2.27. The van der Waals surface area contributed by atoms with Crippen LogP contribution >= 0.6 is 0 Å². The third-order valence-corrected chi connectivity index (χ3v) is 3.24. The van der Waals surface area contributed by atoms with Crippen LogP contribution in [-0.4, -0.2) is 36.5 Å². The molecule has 1 aliphatic rings. The zero-order valence-electron chi connectivity index (χ0n) is 11.0. The van der Waals surface area contributed by atoms with Crippen LogP contribution in [0.2, 0.25) is 0 Å². The highest BCUT2D eigenvalue weighted by atomic mass is 16.1. The zero-order chi connectivity index (χ0) is 12.0. The van der Waals surface area contributed by atoms with Crippen LogP contribution in [-0.2, 0) is 4.79 Å². The minimum Gasteiger partial charge on any atom is -0.353 e. The minimum atomic E-state index is 0.0948. The molecule has 1 amide bonds. The number of hydrogen-bond acceptors (Lipinski definition) is 2. The van der Waals surface area contributed by atoms with Gasteiger partial charge in [-0.3, -0.25) is 4.79 Å². The summed E-state index contributed by atoms with van der Waals surface area (Å²) in [6.07, 6.45) is 5.13. The molecule has 0 aromatic heterocycles. The zero-order valence-corrected chi connectivity index (χ0v) is 11.0. The molecule has 1 fully saturated rings. The SMILES string of the molecule is CC(CCN1CCCCC1)NC(=O)C(C)C. The van der Waals surface area contributed by atoms with E-state index in [1.807, 2.05) is 13.8 Å². The van der Waals surface area contributed by atoms with Gasteiger partial charge in [-0.15, -0.1) is 0 Å². The van der Waals surface area contributed by atoms with E-state index in [0.717, 1.165) is 13.0 Å². The molecular formula is C13H26N2O. The molecule has 1 rings (SSSR count). The van der Waals surface area contributed by atoms with Crippen LogP contribution in [0.5, 0.6) is 0 Å². The highest BCUT2D eigenvalue weighted by molar-refractivity contribution is 5.78. The lowest BCUT2D eigenvalue weighted by atomic mass is 10.1. The molecule has 1 aliphatic heterocycles. The Morgan fingerprint density at radius 3 is 2.38 bits per heavy atom. The summed E-state index contributed by atoms with van der Waals surface area (Å²) in [7, 11) is 0. The Morgan fingerprint density at radius 1 is 1.19 bits per heavy atom. The molecule has 1 atom stereocenters. The fraction of sp³-hybridized carbons (Fsp3) is 0.923. The lowest BCUT2D eigenvalue weighted by molar-refractivity contribution is -0.124. The van der Waals surface area contributed by atoms with Crippen molar-refractivity contribution in [3.63, 3.8) is 0 Å². The van der Waals surface area contributed by atoms with E-state index < -0.39 is 0 Å². The van der Waals surface area contributed by atoms with Gasteiger partial charge in [-0.25, -0.2) is 0 Å². The maximum absolute atomic E-state index is 11.5. The first kappa shape index (κ1) is 13.5. The summed E-state index contributed by atoms with van der Waals surface area (Å²) in [5, 5.41) is 3.05. The third-order valence-electron chi connectivity index (χ3n) is 3.24. The molecular weight excluding hydrogens is 200 g/mol. The van der Waals surface area contributed by atoms with Gasteiger partial charge in [0.15, 0.2) is 0 Å². The maximum Gasteiger partial charge on any atom is 0.222 e. The van der Waals surface area contributed by atoms with E-state index in [-0.39, 0.29) is 11.8 Å². The molecule has 3 nitrogen and oxygen atoms in total. The molecule has 0 aliphatic carbocycles. The van der Waals surface area contributed by atoms with E-state index in [2.05, 4.69) is 17.1 Å². The number of rotatable bonds is 5. The number of likely N-dealkylation sites (tertiary alicyclic amines) is 1. The van der Waals surface area contributed by atoms with E-state index in [4.69, 9.17) is 0 Å². The van der Waals surface area contributed by atoms with Crippen molar-refractivity contribution in [2.45, 2.75) is 52.5 Å². The number of carbonyl (C=O) groups is 1. The second-order valence-corrected chi connectivity index (χ2v) is 5.26. The summed E-state index contributed by atoms with van der Waals surface area (Å²) in [5.74, 6) is 0.267. The summed E-state index contributed by atoms with van der Waals surface area (Å²) in [6, 6.07) is 0.303. The molecule has 94 valence electrons. The van der Waals surface area contributed by atoms with E-state index in [9.17, 15) is 4.79 Å². The van der Waals surface area contributed by atoms with Crippen LogP contribution < -0.4 is 5.32 Å². The molecule has 3 heteroatoms. The molecule has 16 heavy (non-hydrogen) atoms. The Kier molecular flexibility index (Phi) is 5.81. The van der Waals surface area contributed by atoms with E-state index in [1.165, 1.54) is 32.4 Å². The van der Waals surface area contributed by atoms with Gasteiger partial charge in [0.05, 0.1) is 0 Å². The van der Waals surface area contributed by atoms with Gasteiger partial charge in [0, 0.05) is 18.5 Å². The second-order valence-electron chi connectivity index (χ2n) is 5.26. The van der Waals surface area contributed by atoms with Gasteiger partial charge < -0.3 is 10.2 Å². The number of piperidine rings is 1. The van der Waals surface area contributed by atoms with Crippen molar-refractivity contribution in [2.75, 3.05) is 19.6 Å². The Bertz CT molecular complexity index is 210. The van der Waals surface area contributed by atoms with Gasteiger partial charge in [0.25, 0.3) is 0 Å². The van der Waals surface area contributed by atoms with E-state index >= 15 is 0 Å². The molecule has 1 heterocycles. The molecule has 1 N–H and O–H groups in total. The number of hydrogen-bond donors (Lipinski definition) is 1. The van der Waals surface area contributed by atoms with Crippen LogP contribution in [0.1, 0.15) is 46.5 Å². The lowest BCUT2D eigenvalue weighted by Crippen LogP contribution is -2.39. The monoisotopic (exact) mass is 226 g/mol. The fourth-order valence-corrected chi connectivity index (χ4v) is 2.04. The highest BCUT2D eigenvalue weighted by Crippen LogP contribution is 2.09. The summed E-state index contributed by atoms with van der Waals surface area (Å²) >= 11 is 0. The minimum absolute atomic E-state index is 0.0948. The topological polar surface area (TPSA) is 32.3 Å². The Labute approximate surface area is 99.6 Å². The quantitative estimate of drug-likeness (QED) is 0.778. The van der Waals surface area contributed by atoms with Gasteiger partial charge in [-0.05, 0) is 39.3 Å². The smallest absolute Gasteiger partial charge is 0.222 e. The largest absolute Gasteiger partial charge is 0.353 e. The van der Waals surface area contributed by atoms with Crippen LogP contribution in [0, 0.1) is 5.92 Å². The Morgan fingerprint density at radius 2 is 1.81 bits per heavy atom. The highest BCUT2D eigenvalue weighted by Gasteiger charge is 2.13. The normalized spacial score (nSPS) is 19.8. The molecule has 0 aromatic carbocycles. The van der Waals surface area contributed by atoms with Crippen molar-refractivity contribution in [3.8, 4) is 0 Å². The van der Waals surface area contributed by atoms with Crippen LogP contribution in [0.15, 0.2) is 0 Å². The first-order valence-corrected chi connectivity index (χ1v) is 6.62. The first-order valence-electron chi connectivity index (χ1n) is 6.62. The van der Waals surface area contributed by atoms with E-state index in [0.29, 0.717) is 6.04 Å². The molecule has 0 aromatic rings. The molecule has 1 unspecified atom stereocenters. The molecule has 0 radical (unpaired) electrons. The van der Waals surface area contributed by atoms with Crippen LogP contribution in [0.4, 0.5) is 0 Å². The van der Waals surface area contributed by atoms with Gasteiger partial charge in [-0.1, -0.05) is 20.3 Å². The van der Waals surface area contributed by atoms with Crippen LogP contribution in [0.3, 0.4) is 0 Å². The van der Waals surface area contributed by atoms with Crippen molar-refractivity contribution in [2.24, 2.45) is 5.92 Å². The Hall–Kier alpha value is -0.570. The average molecular weight is 226 g/mol. The number of nitrogens with zero attached hydrogens (tertiary/aromatic N) is 1. The van der Waals surface area contributed by atoms with Gasteiger partial charge in [0.1, 0.15) is 0 Å². The van der Waals surface area contributed by atoms with Crippen molar-refractivity contribution in [3.05, 3.63) is 0 Å². The number of carbonyl (C=O) groups excluding carboxylic acids is 1. The van der Waals surface area contributed by atoms with Crippen molar-refractivity contribution in [1.29, 1.82) is 0 Å². The van der Waals surface area contributed by atoms with Crippen molar-refractivity contribution < 1.29 is 4.79 Å². The van der Waals surface area contributed by atoms with Gasteiger partial charge in [0.2, 0.25) is 5.91 Å². The van der Waals surface area contributed by atoms with E-state index in [1.54, 1.807) is 0 Å². The number of nitrogens with one attached hydrogen (secondary N) is 1. The van der Waals surface area contributed by atoms with Gasteiger partial charge in [-0.2, -0.15) is 0 Å². The second kappa shape index (κ2) is 6.89. The summed E-state index contributed by atoms with van der Waals surface area (Å²) < 4.78 is 0. The Balaban J connectivity index is 2.13. The van der Waals surface area contributed by atoms with Gasteiger partial charge >= 0.3 is 0 Å². The average Bonchev–Trinajstić information content (AvgIpc) is 2.27. The first-order chi connectivity index (χ1) is 7.59. The van der Waals surface area contributed by atoms with Crippen LogP contribution in [0.25, 0.3) is 0 Å². The maximum atomic E-state index is 11.5. The number of amides is 1. The van der Waals surface area contributed by atoms with Crippen molar-refractivity contribution >= 4 is 5.91 Å². The molecule has 1 saturated heterocycles. The molecule has 0 bridgehead atoms. The summed E-state index contributed by atoms with van der Waals surface area (Å²) in [4.78, 5) is 14.0. The summed E-state index contributed by atoms with van der Waals surface area (Å²) in [6.45, 7) is 9.58. The summed E-state index contributed by atoms with van der Waals surface area (Å²) in [5.41, 5.74) is 0. The predicted octanol–water partition coefficient (Wildman–Crippen LogP) is 2.02. The molecule has 0 saturated carbocycles. The molecule has 0 spiro atoms. The third kappa shape index (κ3) is 4.97. The van der Waals surface area contributed by atoms with Crippen molar-refractivity contribution in [1.82, 2.24) is 10.2 Å². The standard InChI is InChI=1S/C13H26N2O/c1-11(2)13(16)14-12(3)7-10-15-8-5-4-6-9-15/h11-12H,4-10H2,1-3H3,(H,14,16). The predicted molar refractivity (Wildman–Crippen MR) is 67.4 cm³/mol. The fourth-order valence-electron chi connectivity index (χ4n) is 2.04.